The predicted octanol–water partition coefficient (Wildman–Crippen LogP) is 5.13. The Kier molecular flexibility index (Phi) is 5.62. The molecule has 4 heteroatoms. The van der Waals surface area contributed by atoms with Crippen molar-refractivity contribution in [2.24, 2.45) is 0 Å². The molecule has 1 N–H and O–H groups in total. The molecule has 0 aliphatic carbocycles. The molecule has 0 bridgehead atoms. The van der Waals surface area contributed by atoms with E-state index >= 15 is 0 Å². The predicted molar refractivity (Wildman–Crippen MR) is 82.3 cm³/mol. The van der Waals surface area contributed by atoms with Crippen LogP contribution in [0.4, 0.5) is 14.5 Å². The monoisotopic (exact) mass is 291 g/mol. The van der Waals surface area contributed by atoms with Gasteiger partial charge in [-0.2, -0.15) is 8.78 Å². The molecule has 20 heavy (non-hydrogen) atoms. The second-order valence-electron chi connectivity index (χ2n) is 4.07. The van der Waals surface area contributed by atoms with Crippen LogP contribution < -0.4 is 5.32 Å². The number of benzene rings is 2. The van der Waals surface area contributed by atoms with Crippen LogP contribution in [0.15, 0.2) is 65.6 Å². The zero-order valence-electron chi connectivity index (χ0n) is 10.8. The van der Waals surface area contributed by atoms with Gasteiger partial charge in [-0.05, 0) is 17.7 Å². The third-order valence-corrected chi connectivity index (χ3v) is 3.41. The van der Waals surface area contributed by atoms with E-state index in [0.29, 0.717) is 23.2 Å². The smallest absolute Gasteiger partial charge is 0.288 e. The van der Waals surface area contributed by atoms with Crippen molar-refractivity contribution in [3.63, 3.8) is 0 Å². The van der Waals surface area contributed by atoms with Crippen LogP contribution >= 0.6 is 11.8 Å². The van der Waals surface area contributed by atoms with Gasteiger partial charge in [0.25, 0.3) is 5.76 Å². The SMILES string of the molecule is FC(F)Sc1ccccc1NCC=Cc1ccccc1. The van der Waals surface area contributed by atoms with E-state index in [9.17, 15) is 8.78 Å². The fourth-order valence-corrected chi connectivity index (χ4v) is 2.36. The van der Waals surface area contributed by atoms with E-state index in [4.69, 9.17) is 0 Å². The number of halogens is 2. The normalized spacial score (nSPS) is 11.2. The standard InChI is InChI=1S/C16H15F2NS/c17-16(18)20-15-11-5-4-10-14(15)19-12-6-9-13-7-2-1-3-8-13/h1-11,16,19H,12H2. The van der Waals surface area contributed by atoms with E-state index in [2.05, 4.69) is 5.32 Å². The van der Waals surface area contributed by atoms with Gasteiger partial charge in [0.1, 0.15) is 0 Å². The Bertz CT molecular complexity index is 555. The third kappa shape index (κ3) is 4.70. The molecule has 0 fully saturated rings. The first-order valence-corrected chi connectivity index (χ1v) is 7.13. The van der Waals surface area contributed by atoms with E-state index in [-0.39, 0.29) is 0 Å². The van der Waals surface area contributed by atoms with Crippen LogP contribution in [0, 0.1) is 0 Å². The summed E-state index contributed by atoms with van der Waals surface area (Å²) < 4.78 is 24.9. The fourth-order valence-electron chi connectivity index (χ4n) is 1.74. The van der Waals surface area contributed by atoms with Crippen LogP contribution in [0.2, 0.25) is 0 Å². The molecule has 0 saturated carbocycles. The number of thioether (sulfide) groups is 1. The topological polar surface area (TPSA) is 12.0 Å². The van der Waals surface area contributed by atoms with Gasteiger partial charge in [-0.15, -0.1) is 0 Å². The molecule has 2 aromatic rings. The first-order valence-electron chi connectivity index (χ1n) is 6.25. The lowest BCUT2D eigenvalue weighted by Crippen LogP contribution is -2.00. The van der Waals surface area contributed by atoms with Gasteiger partial charge in [0.05, 0.1) is 0 Å². The number of nitrogens with one attached hydrogen (secondary N) is 1. The lowest BCUT2D eigenvalue weighted by molar-refractivity contribution is 0.252. The first kappa shape index (κ1) is 14.6. The van der Waals surface area contributed by atoms with Gasteiger partial charge < -0.3 is 5.32 Å². The molecular weight excluding hydrogens is 276 g/mol. The summed E-state index contributed by atoms with van der Waals surface area (Å²) in [5, 5.41) is 3.15. The zero-order chi connectivity index (χ0) is 14.2. The van der Waals surface area contributed by atoms with Crippen molar-refractivity contribution in [1.29, 1.82) is 0 Å². The molecule has 0 atom stereocenters. The van der Waals surface area contributed by atoms with Gasteiger partial charge in [-0.25, -0.2) is 0 Å². The maximum absolute atomic E-state index is 12.4. The van der Waals surface area contributed by atoms with E-state index in [1.54, 1.807) is 18.2 Å². The molecule has 0 radical (unpaired) electrons. The molecule has 2 aromatic carbocycles. The molecular formula is C16H15F2NS. The molecule has 0 aliphatic rings. The average molecular weight is 291 g/mol. The summed E-state index contributed by atoms with van der Waals surface area (Å²) in [6.45, 7) is 0.593. The molecule has 0 aliphatic heterocycles. The number of para-hydroxylation sites is 1. The molecule has 104 valence electrons. The van der Waals surface area contributed by atoms with Gasteiger partial charge in [0.15, 0.2) is 0 Å². The summed E-state index contributed by atoms with van der Waals surface area (Å²) in [6.07, 6.45) is 3.97. The van der Waals surface area contributed by atoms with Crippen molar-refractivity contribution in [2.45, 2.75) is 10.7 Å². The van der Waals surface area contributed by atoms with Gasteiger partial charge >= 0.3 is 0 Å². The van der Waals surface area contributed by atoms with Gasteiger partial charge in [0.2, 0.25) is 0 Å². The van der Waals surface area contributed by atoms with Crippen LogP contribution in [0.3, 0.4) is 0 Å². The van der Waals surface area contributed by atoms with Crippen molar-refractivity contribution in [3.8, 4) is 0 Å². The van der Waals surface area contributed by atoms with Crippen molar-refractivity contribution in [3.05, 3.63) is 66.2 Å². The Morgan fingerprint density at radius 3 is 2.45 bits per heavy atom. The maximum Gasteiger partial charge on any atom is 0.288 e. The Morgan fingerprint density at radius 1 is 1.00 bits per heavy atom. The van der Waals surface area contributed by atoms with Crippen molar-refractivity contribution in [2.75, 3.05) is 11.9 Å². The minimum absolute atomic E-state index is 0.560. The van der Waals surface area contributed by atoms with Crippen molar-refractivity contribution in [1.82, 2.24) is 0 Å². The number of anilines is 1. The van der Waals surface area contributed by atoms with Crippen molar-refractivity contribution >= 4 is 23.5 Å². The van der Waals surface area contributed by atoms with Crippen LogP contribution in [-0.4, -0.2) is 12.3 Å². The number of alkyl halides is 2. The number of hydrogen-bond donors (Lipinski definition) is 1. The minimum Gasteiger partial charge on any atom is -0.381 e. The number of hydrogen-bond acceptors (Lipinski definition) is 2. The highest BCUT2D eigenvalue weighted by Crippen LogP contribution is 2.31. The van der Waals surface area contributed by atoms with Crippen molar-refractivity contribution < 1.29 is 8.78 Å². The summed E-state index contributed by atoms with van der Waals surface area (Å²) in [5.41, 5.74) is 1.85. The summed E-state index contributed by atoms with van der Waals surface area (Å²) in [5.74, 6) is -2.40. The van der Waals surface area contributed by atoms with Crippen LogP contribution in [0.5, 0.6) is 0 Å². The number of rotatable bonds is 6. The van der Waals surface area contributed by atoms with Gasteiger partial charge in [-0.3, -0.25) is 0 Å². The zero-order valence-corrected chi connectivity index (χ0v) is 11.6. The second kappa shape index (κ2) is 7.70. The van der Waals surface area contributed by atoms with Gasteiger partial charge in [0, 0.05) is 17.1 Å². The lowest BCUT2D eigenvalue weighted by Gasteiger charge is -2.09. The summed E-state index contributed by atoms with van der Waals surface area (Å²) in [4.78, 5) is 0.565. The third-order valence-electron chi connectivity index (χ3n) is 2.62. The van der Waals surface area contributed by atoms with E-state index in [1.807, 2.05) is 48.6 Å². The average Bonchev–Trinajstić information content (AvgIpc) is 2.46. The fraction of sp³-hybridized carbons (Fsp3) is 0.125. The highest BCUT2D eigenvalue weighted by Gasteiger charge is 2.08. The van der Waals surface area contributed by atoms with Crippen LogP contribution in [0.1, 0.15) is 5.56 Å². The molecule has 0 saturated heterocycles. The Balaban J connectivity index is 1.92. The maximum atomic E-state index is 12.4. The lowest BCUT2D eigenvalue weighted by atomic mass is 10.2. The molecule has 2 rings (SSSR count). The Hall–Kier alpha value is -1.81. The summed E-state index contributed by atoms with van der Waals surface area (Å²) in [6, 6.07) is 17.0. The van der Waals surface area contributed by atoms with Gasteiger partial charge in [-0.1, -0.05) is 66.4 Å². The second-order valence-corrected chi connectivity index (χ2v) is 5.10. The Labute approximate surface area is 121 Å². The molecule has 1 nitrogen and oxygen atoms in total. The minimum atomic E-state index is -2.40. The summed E-state index contributed by atoms with van der Waals surface area (Å²) in [7, 11) is 0. The molecule has 0 aromatic heterocycles. The van der Waals surface area contributed by atoms with E-state index in [1.165, 1.54) is 0 Å². The molecule has 0 unspecified atom stereocenters. The molecule has 0 amide bonds. The van der Waals surface area contributed by atoms with Crippen LogP contribution in [-0.2, 0) is 0 Å². The molecule has 0 spiro atoms. The summed E-state index contributed by atoms with van der Waals surface area (Å²) >= 11 is 0.560. The molecule has 0 heterocycles. The van der Waals surface area contributed by atoms with E-state index in [0.717, 1.165) is 11.3 Å². The quantitative estimate of drug-likeness (QED) is 0.741. The van der Waals surface area contributed by atoms with Crippen LogP contribution in [0.25, 0.3) is 6.08 Å². The Morgan fingerprint density at radius 2 is 1.70 bits per heavy atom. The largest absolute Gasteiger partial charge is 0.381 e. The highest BCUT2D eigenvalue weighted by atomic mass is 32.2. The first-order chi connectivity index (χ1) is 9.75. The van der Waals surface area contributed by atoms with E-state index < -0.39 is 5.76 Å². The highest BCUT2D eigenvalue weighted by molar-refractivity contribution is 7.99.